The number of nitrogens with zero attached hydrogens (tertiary/aromatic N) is 3. The van der Waals surface area contributed by atoms with Gasteiger partial charge in [-0.1, -0.05) is 0 Å². The predicted octanol–water partition coefficient (Wildman–Crippen LogP) is 3.03. The smallest absolute Gasteiger partial charge is 0.147 e. The van der Waals surface area contributed by atoms with Gasteiger partial charge in [-0.25, -0.2) is 9.97 Å². The molecule has 0 aliphatic carbocycles. The second kappa shape index (κ2) is 5.37. The average molecular weight is 266 g/mol. The van der Waals surface area contributed by atoms with Gasteiger partial charge in [0.15, 0.2) is 0 Å². The lowest BCUT2D eigenvalue weighted by molar-refractivity contribution is 1.02. The number of pyridine rings is 1. The van der Waals surface area contributed by atoms with E-state index in [1.54, 1.807) is 16.8 Å². The molecule has 2 aromatic heterocycles. The quantitative estimate of drug-likeness (QED) is 0.861. The molecule has 0 aliphatic heterocycles. The summed E-state index contributed by atoms with van der Waals surface area (Å²) in [5.74, 6) is 0.871. The van der Waals surface area contributed by atoms with Gasteiger partial charge in [0.25, 0.3) is 0 Å². The van der Waals surface area contributed by atoms with Gasteiger partial charge in [0.2, 0.25) is 0 Å². The van der Waals surface area contributed by atoms with Crippen LogP contribution in [0.5, 0.6) is 0 Å². The SMILES string of the molecule is Cc1nc(SNc2cscn2)ccc1N(C)C. The van der Waals surface area contributed by atoms with Crippen LogP contribution >= 0.6 is 23.3 Å². The van der Waals surface area contributed by atoms with Crippen LogP contribution in [0.2, 0.25) is 0 Å². The summed E-state index contributed by atoms with van der Waals surface area (Å²) in [6, 6.07) is 4.08. The molecule has 0 radical (unpaired) electrons. The molecule has 0 aliphatic rings. The first-order chi connectivity index (χ1) is 8.16. The van der Waals surface area contributed by atoms with E-state index in [0.29, 0.717) is 0 Å². The topological polar surface area (TPSA) is 41.1 Å². The van der Waals surface area contributed by atoms with Crippen molar-refractivity contribution in [3.63, 3.8) is 0 Å². The Morgan fingerprint density at radius 1 is 1.35 bits per heavy atom. The summed E-state index contributed by atoms with van der Waals surface area (Å²) < 4.78 is 3.16. The molecule has 17 heavy (non-hydrogen) atoms. The van der Waals surface area contributed by atoms with E-state index in [2.05, 4.69) is 25.7 Å². The molecule has 0 spiro atoms. The highest BCUT2D eigenvalue weighted by atomic mass is 32.2. The molecule has 0 amide bonds. The first kappa shape index (κ1) is 12.2. The number of hydrogen-bond acceptors (Lipinski definition) is 6. The summed E-state index contributed by atoms with van der Waals surface area (Å²) in [6.07, 6.45) is 0. The van der Waals surface area contributed by atoms with E-state index >= 15 is 0 Å². The number of hydrogen-bond donors (Lipinski definition) is 1. The summed E-state index contributed by atoms with van der Waals surface area (Å²) in [6.45, 7) is 2.02. The van der Waals surface area contributed by atoms with E-state index in [1.165, 1.54) is 11.9 Å². The molecule has 0 saturated carbocycles. The van der Waals surface area contributed by atoms with Crippen LogP contribution in [0.1, 0.15) is 5.69 Å². The highest BCUT2D eigenvalue weighted by Crippen LogP contribution is 2.23. The fraction of sp³-hybridized carbons (Fsp3) is 0.273. The summed E-state index contributed by atoms with van der Waals surface area (Å²) in [5, 5.41) is 2.91. The van der Waals surface area contributed by atoms with Crippen LogP contribution in [0, 0.1) is 6.92 Å². The standard InChI is InChI=1S/C11H14N4S2/c1-8-9(15(2)3)4-5-11(13-8)17-14-10-6-16-7-12-10/h4-7,14H,1-3H3. The minimum atomic E-state index is 0.871. The average Bonchev–Trinajstić information content (AvgIpc) is 2.78. The lowest BCUT2D eigenvalue weighted by Crippen LogP contribution is -2.11. The van der Waals surface area contributed by atoms with E-state index in [0.717, 1.165) is 22.2 Å². The van der Waals surface area contributed by atoms with Crippen molar-refractivity contribution >= 4 is 34.8 Å². The van der Waals surface area contributed by atoms with Gasteiger partial charge in [-0.3, -0.25) is 0 Å². The molecule has 6 heteroatoms. The Hall–Kier alpha value is -1.27. The monoisotopic (exact) mass is 266 g/mol. The van der Waals surface area contributed by atoms with Crippen molar-refractivity contribution < 1.29 is 0 Å². The zero-order valence-electron chi connectivity index (χ0n) is 9.97. The Labute approximate surface area is 109 Å². The fourth-order valence-corrected chi connectivity index (χ4v) is 2.63. The lowest BCUT2D eigenvalue weighted by Gasteiger charge is -2.15. The Kier molecular flexibility index (Phi) is 3.86. The molecule has 0 bridgehead atoms. The first-order valence-electron chi connectivity index (χ1n) is 5.13. The zero-order valence-corrected chi connectivity index (χ0v) is 11.6. The van der Waals surface area contributed by atoms with Crippen molar-refractivity contribution in [3.8, 4) is 0 Å². The molecule has 2 rings (SSSR count). The second-order valence-corrected chi connectivity index (χ2v) is 5.27. The Morgan fingerprint density at radius 3 is 2.76 bits per heavy atom. The van der Waals surface area contributed by atoms with Gasteiger partial charge in [-0.2, -0.15) is 0 Å². The van der Waals surface area contributed by atoms with Crippen LogP contribution in [0.4, 0.5) is 11.5 Å². The maximum atomic E-state index is 4.53. The minimum Gasteiger partial charge on any atom is -0.376 e. The van der Waals surface area contributed by atoms with Crippen LogP contribution in [0.15, 0.2) is 28.0 Å². The van der Waals surface area contributed by atoms with Crippen molar-refractivity contribution in [1.82, 2.24) is 9.97 Å². The summed E-state index contributed by atoms with van der Waals surface area (Å²) in [7, 11) is 4.04. The van der Waals surface area contributed by atoms with Crippen molar-refractivity contribution in [2.24, 2.45) is 0 Å². The Bertz CT molecular complexity index is 482. The largest absolute Gasteiger partial charge is 0.376 e. The molecular weight excluding hydrogens is 252 g/mol. The van der Waals surface area contributed by atoms with Crippen LogP contribution in [-0.4, -0.2) is 24.1 Å². The highest BCUT2D eigenvalue weighted by molar-refractivity contribution is 8.00. The number of nitrogens with one attached hydrogen (secondary N) is 1. The third-order valence-electron chi connectivity index (χ3n) is 2.21. The van der Waals surface area contributed by atoms with E-state index < -0.39 is 0 Å². The molecule has 0 unspecified atom stereocenters. The molecule has 2 heterocycles. The zero-order chi connectivity index (χ0) is 12.3. The van der Waals surface area contributed by atoms with Gasteiger partial charge in [0.05, 0.1) is 16.9 Å². The van der Waals surface area contributed by atoms with Crippen LogP contribution in [0.3, 0.4) is 0 Å². The number of thiazole rings is 1. The molecule has 90 valence electrons. The molecular formula is C11H14N4S2. The van der Waals surface area contributed by atoms with Crippen molar-refractivity contribution in [2.45, 2.75) is 11.9 Å². The molecule has 0 fully saturated rings. The van der Waals surface area contributed by atoms with E-state index in [-0.39, 0.29) is 0 Å². The van der Waals surface area contributed by atoms with Crippen molar-refractivity contribution in [2.75, 3.05) is 23.7 Å². The number of aromatic nitrogens is 2. The van der Waals surface area contributed by atoms with E-state index in [1.807, 2.05) is 32.5 Å². The van der Waals surface area contributed by atoms with Crippen molar-refractivity contribution in [1.29, 1.82) is 0 Å². The third kappa shape index (κ3) is 3.10. The van der Waals surface area contributed by atoms with Crippen LogP contribution in [0.25, 0.3) is 0 Å². The number of anilines is 2. The van der Waals surface area contributed by atoms with Gasteiger partial charge >= 0.3 is 0 Å². The first-order valence-corrected chi connectivity index (χ1v) is 6.89. The van der Waals surface area contributed by atoms with Gasteiger partial charge in [0, 0.05) is 31.4 Å². The van der Waals surface area contributed by atoms with E-state index in [4.69, 9.17) is 0 Å². The third-order valence-corrected chi connectivity index (χ3v) is 3.54. The van der Waals surface area contributed by atoms with Gasteiger partial charge in [0.1, 0.15) is 10.8 Å². The summed E-state index contributed by atoms with van der Waals surface area (Å²) >= 11 is 3.05. The normalized spacial score (nSPS) is 10.3. The summed E-state index contributed by atoms with van der Waals surface area (Å²) in [4.78, 5) is 10.7. The molecule has 4 nitrogen and oxygen atoms in total. The van der Waals surface area contributed by atoms with Crippen molar-refractivity contribution in [3.05, 3.63) is 28.7 Å². The predicted molar refractivity (Wildman–Crippen MR) is 74.9 cm³/mol. The molecule has 2 aromatic rings. The highest BCUT2D eigenvalue weighted by Gasteiger charge is 2.04. The van der Waals surface area contributed by atoms with Gasteiger partial charge in [-0.15, -0.1) is 11.3 Å². The van der Waals surface area contributed by atoms with E-state index in [9.17, 15) is 0 Å². The second-order valence-electron chi connectivity index (χ2n) is 3.73. The van der Waals surface area contributed by atoms with Gasteiger partial charge in [-0.05, 0) is 19.1 Å². The summed E-state index contributed by atoms with van der Waals surface area (Å²) in [5.41, 5.74) is 3.97. The lowest BCUT2D eigenvalue weighted by atomic mass is 10.3. The maximum absolute atomic E-state index is 4.53. The van der Waals surface area contributed by atoms with Crippen LogP contribution in [-0.2, 0) is 0 Å². The molecule has 1 N–H and O–H groups in total. The maximum Gasteiger partial charge on any atom is 0.147 e. The minimum absolute atomic E-state index is 0.871. The fourth-order valence-electron chi connectivity index (χ4n) is 1.43. The number of aryl methyl sites for hydroxylation is 1. The molecule has 0 saturated heterocycles. The Morgan fingerprint density at radius 2 is 2.18 bits per heavy atom. The molecule has 0 atom stereocenters. The van der Waals surface area contributed by atoms with Gasteiger partial charge < -0.3 is 9.62 Å². The Balaban J connectivity index is 2.05. The number of rotatable bonds is 4. The van der Waals surface area contributed by atoms with Crippen LogP contribution < -0.4 is 9.62 Å². The molecule has 0 aromatic carbocycles.